The summed E-state index contributed by atoms with van der Waals surface area (Å²) in [5, 5.41) is 0. The summed E-state index contributed by atoms with van der Waals surface area (Å²) in [6.07, 6.45) is 4.93. The average molecular weight is 309 g/mol. The lowest BCUT2D eigenvalue weighted by Gasteiger charge is -2.13. The lowest BCUT2D eigenvalue weighted by molar-refractivity contribution is -0.122. The van der Waals surface area contributed by atoms with E-state index in [1.165, 1.54) is 23.9 Å². The number of benzene rings is 1. The van der Waals surface area contributed by atoms with Gasteiger partial charge in [-0.15, -0.1) is 0 Å². The summed E-state index contributed by atoms with van der Waals surface area (Å²) in [6.45, 7) is 2.80. The SMILES string of the molecule is CCCCCN1C(=O)/C(=C/c2ccc(F)cc2)SC1=S. The first-order valence-electron chi connectivity index (χ1n) is 6.62. The Kier molecular flexibility index (Phi) is 5.31. The Balaban J connectivity index is 2.09. The molecule has 1 amide bonds. The predicted molar refractivity (Wildman–Crippen MR) is 85.8 cm³/mol. The quantitative estimate of drug-likeness (QED) is 0.461. The van der Waals surface area contributed by atoms with Gasteiger partial charge in [0.1, 0.15) is 10.1 Å². The minimum atomic E-state index is -0.283. The summed E-state index contributed by atoms with van der Waals surface area (Å²) in [6, 6.07) is 6.07. The third-order valence-corrected chi connectivity index (χ3v) is 4.40. The number of unbranched alkanes of at least 4 members (excludes halogenated alkanes) is 2. The monoisotopic (exact) mass is 309 g/mol. The van der Waals surface area contributed by atoms with Crippen molar-refractivity contribution >= 4 is 40.3 Å². The second kappa shape index (κ2) is 6.99. The van der Waals surface area contributed by atoms with Crippen LogP contribution in [0.4, 0.5) is 4.39 Å². The van der Waals surface area contributed by atoms with Gasteiger partial charge in [0.2, 0.25) is 0 Å². The van der Waals surface area contributed by atoms with Crippen molar-refractivity contribution in [3.63, 3.8) is 0 Å². The predicted octanol–water partition coefficient (Wildman–Crippen LogP) is 4.22. The maximum absolute atomic E-state index is 12.9. The van der Waals surface area contributed by atoms with E-state index in [0.717, 1.165) is 24.8 Å². The minimum Gasteiger partial charge on any atom is -0.293 e. The number of rotatable bonds is 5. The fourth-order valence-corrected chi connectivity index (χ4v) is 3.23. The Morgan fingerprint density at radius 3 is 2.65 bits per heavy atom. The molecule has 0 spiro atoms. The lowest BCUT2D eigenvalue weighted by atomic mass is 10.2. The number of amides is 1. The molecule has 1 aromatic rings. The second-order valence-corrected chi connectivity index (χ2v) is 6.27. The molecule has 0 N–H and O–H groups in total. The van der Waals surface area contributed by atoms with Crippen molar-refractivity contribution in [2.75, 3.05) is 6.54 Å². The molecule has 0 aliphatic carbocycles. The van der Waals surface area contributed by atoms with Gasteiger partial charge in [-0.25, -0.2) is 4.39 Å². The molecule has 2 nitrogen and oxygen atoms in total. The van der Waals surface area contributed by atoms with Crippen molar-refractivity contribution in [3.05, 3.63) is 40.6 Å². The molecule has 1 aliphatic heterocycles. The van der Waals surface area contributed by atoms with Gasteiger partial charge in [-0.05, 0) is 30.2 Å². The van der Waals surface area contributed by atoms with Crippen LogP contribution in [-0.2, 0) is 4.79 Å². The van der Waals surface area contributed by atoms with E-state index in [4.69, 9.17) is 12.2 Å². The van der Waals surface area contributed by atoms with Crippen molar-refractivity contribution in [3.8, 4) is 0 Å². The number of carbonyl (C=O) groups excluding carboxylic acids is 1. The van der Waals surface area contributed by atoms with Gasteiger partial charge in [-0.1, -0.05) is 55.9 Å². The molecule has 1 aliphatic rings. The van der Waals surface area contributed by atoms with Crippen molar-refractivity contribution in [1.82, 2.24) is 4.90 Å². The van der Waals surface area contributed by atoms with Gasteiger partial charge in [-0.2, -0.15) is 0 Å². The van der Waals surface area contributed by atoms with Crippen LogP contribution in [0.25, 0.3) is 6.08 Å². The molecule has 0 saturated carbocycles. The van der Waals surface area contributed by atoms with Gasteiger partial charge in [0.15, 0.2) is 0 Å². The van der Waals surface area contributed by atoms with Crippen LogP contribution in [-0.4, -0.2) is 21.7 Å². The largest absolute Gasteiger partial charge is 0.293 e. The molecule has 1 heterocycles. The highest BCUT2D eigenvalue weighted by molar-refractivity contribution is 8.26. The van der Waals surface area contributed by atoms with Crippen LogP contribution in [0, 0.1) is 5.82 Å². The Bertz CT molecular complexity index is 539. The number of hydrogen-bond donors (Lipinski definition) is 0. The van der Waals surface area contributed by atoms with Crippen molar-refractivity contribution < 1.29 is 9.18 Å². The summed E-state index contributed by atoms with van der Waals surface area (Å²) in [7, 11) is 0. The standard InChI is InChI=1S/C15H16FNOS2/c1-2-3-4-9-17-14(18)13(20-15(17)19)10-11-5-7-12(16)8-6-11/h5-8,10H,2-4,9H2,1H3/b13-10-. The fourth-order valence-electron chi connectivity index (χ4n) is 1.92. The van der Waals surface area contributed by atoms with Crippen LogP contribution in [0.3, 0.4) is 0 Å². The molecule has 5 heteroatoms. The third-order valence-electron chi connectivity index (χ3n) is 3.03. The van der Waals surface area contributed by atoms with Crippen molar-refractivity contribution in [1.29, 1.82) is 0 Å². The number of hydrogen-bond acceptors (Lipinski definition) is 3. The molecule has 0 aromatic heterocycles. The van der Waals surface area contributed by atoms with Crippen LogP contribution in [0.15, 0.2) is 29.2 Å². The van der Waals surface area contributed by atoms with Gasteiger partial charge in [-0.3, -0.25) is 9.69 Å². The van der Waals surface area contributed by atoms with E-state index in [1.807, 2.05) is 0 Å². The Morgan fingerprint density at radius 1 is 1.30 bits per heavy atom. The van der Waals surface area contributed by atoms with E-state index in [9.17, 15) is 9.18 Å². The van der Waals surface area contributed by atoms with Gasteiger partial charge in [0.25, 0.3) is 5.91 Å². The molecule has 0 radical (unpaired) electrons. The second-order valence-electron chi connectivity index (χ2n) is 4.59. The molecule has 0 atom stereocenters. The minimum absolute atomic E-state index is 0.0413. The Labute approximate surface area is 128 Å². The molecule has 2 rings (SSSR count). The highest BCUT2D eigenvalue weighted by atomic mass is 32.2. The van der Waals surface area contributed by atoms with E-state index in [1.54, 1.807) is 23.1 Å². The number of nitrogens with zero attached hydrogens (tertiary/aromatic N) is 1. The zero-order valence-electron chi connectivity index (χ0n) is 11.3. The molecular weight excluding hydrogens is 293 g/mol. The summed E-state index contributed by atoms with van der Waals surface area (Å²) >= 11 is 6.56. The molecule has 1 saturated heterocycles. The molecule has 20 heavy (non-hydrogen) atoms. The maximum atomic E-state index is 12.9. The van der Waals surface area contributed by atoms with E-state index >= 15 is 0 Å². The van der Waals surface area contributed by atoms with Gasteiger partial charge in [0, 0.05) is 6.54 Å². The maximum Gasteiger partial charge on any atom is 0.266 e. The molecule has 106 valence electrons. The number of thiocarbonyl (C=S) groups is 1. The van der Waals surface area contributed by atoms with E-state index < -0.39 is 0 Å². The Hall–Kier alpha value is -1.20. The third kappa shape index (κ3) is 3.67. The van der Waals surface area contributed by atoms with Gasteiger partial charge < -0.3 is 0 Å². The fraction of sp³-hybridized carbons (Fsp3) is 0.333. The van der Waals surface area contributed by atoms with Crippen LogP contribution >= 0.6 is 24.0 Å². The van der Waals surface area contributed by atoms with Crippen LogP contribution in [0.5, 0.6) is 0 Å². The average Bonchev–Trinajstić information content (AvgIpc) is 2.69. The van der Waals surface area contributed by atoms with Crippen molar-refractivity contribution in [2.24, 2.45) is 0 Å². The summed E-state index contributed by atoms with van der Waals surface area (Å²) < 4.78 is 13.5. The zero-order chi connectivity index (χ0) is 14.5. The molecule has 1 aromatic carbocycles. The highest BCUT2D eigenvalue weighted by Gasteiger charge is 2.31. The number of thioether (sulfide) groups is 1. The smallest absolute Gasteiger partial charge is 0.266 e. The van der Waals surface area contributed by atoms with E-state index in [0.29, 0.717) is 15.8 Å². The highest BCUT2D eigenvalue weighted by Crippen LogP contribution is 2.32. The van der Waals surface area contributed by atoms with Crippen molar-refractivity contribution in [2.45, 2.75) is 26.2 Å². The van der Waals surface area contributed by atoms with E-state index in [-0.39, 0.29) is 11.7 Å². The molecule has 1 fully saturated rings. The first kappa shape index (κ1) is 15.2. The number of carbonyl (C=O) groups is 1. The Morgan fingerprint density at radius 2 is 2.00 bits per heavy atom. The first-order valence-corrected chi connectivity index (χ1v) is 7.85. The molecule has 0 unspecified atom stereocenters. The van der Waals surface area contributed by atoms with Gasteiger partial charge in [0.05, 0.1) is 4.91 Å². The summed E-state index contributed by atoms with van der Waals surface area (Å²) in [5.74, 6) is -0.324. The molecule has 0 bridgehead atoms. The number of halogens is 1. The normalized spacial score (nSPS) is 17.3. The molecular formula is C15H16FNOS2. The van der Waals surface area contributed by atoms with Crippen LogP contribution < -0.4 is 0 Å². The van der Waals surface area contributed by atoms with E-state index in [2.05, 4.69) is 6.92 Å². The topological polar surface area (TPSA) is 20.3 Å². The zero-order valence-corrected chi connectivity index (χ0v) is 12.9. The van der Waals surface area contributed by atoms with Crippen LogP contribution in [0.1, 0.15) is 31.7 Å². The first-order chi connectivity index (χ1) is 9.61. The lowest BCUT2D eigenvalue weighted by Crippen LogP contribution is -2.28. The van der Waals surface area contributed by atoms with Gasteiger partial charge >= 0.3 is 0 Å². The summed E-state index contributed by atoms with van der Waals surface area (Å²) in [5.41, 5.74) is 0.806. The summed E-state index contributed by atoms with van der Waals surface area (Å²) in [4.78, 5) is 14.5. The van der Waals surface area contributed by atoms with Crippen LogP contribution in [0.2, 0.25) is 0 Å².